The Morgan fingerprint density at radius 3 is 2.06 bits per heavy atom. The second-order valence-electron chi connectivity index (χ2n) is 12.3. The standard InChI is InChI=1S/C33H34N4O4.C5H12O/c1-20-5-10-25(11-6-20)31-36-29(23-12-7-21(8-13-23)9-18-28(35)39)30(37-31)24-16-14-22(15-17-24)26(34)19-27(38)32(40)41-33(2,3)4;1-4-5(2)6-3/h5-18,27,34,38H,19H2,1-4H3,(H2,35,39)(H,36,37);5H,4H2,1-3H3/b18-9+,34-26?;. The lowest BCUT2D eigenvalue weighted by Crippen LogP contribution is -2.33. The number of aryl methyl sites for hydroxylation is 1. The molecule has 2 atom stereocenters. The van der Waals surface area contributed by atoms with Crippen molar-refractivity contribution in [2.45, 2.75) is 72.2 Å². The van der Waals surface area contributed by atoms with Crippen molar-refractivity contribution in [1.29, 1.82) is 5.41 Å². The number of hydrogen-bond donors (Lipinski definition) is 4. The van der Waals surface area contributed by atoms with Gasteiger partial charge in [0.05, 0.1) is 17.5 Å². The molecule has 0 saturated carbocycles. The summed E-state index contributed by atoms with van der Waals surface area (Å²) in [4.78, 5) is 31.7. The topological polar surface area (TPSA) is 151 Å². The Labute approximate surface area is 277 Å². The van der Waals surface area contributed by atoms with Crippen LogP contribution in [0, 0.1) is 12.3 Å². The number of aliphatic hydroxyl groups excluding tert-OH is 1. The zero-order valence-corrected chi connectivity index (χ0v) is 28.3. The molecule has 1 amide bonds. The number of ether oxygens (including phenoxy) is 2. The van der Waals surface area contributed by atoms with E-state index in [9.17, 15) is 14.7 Å². The molecule has 5 N–H and O–H groups in total. The number of amides is 1. The molecule has 1 aromatic heterocycles. The number of carbonyl (C=O) groups is 2. The fourth-order valence-electron chi connectivity index (χ4n) is 4.34. The van der Waals surface area contributed by atoms with E-state index in [2.05, 4.69) is 18.8 Å². The number of nitrogens with two attached hydrogens (primary N) is 1. The van der Waals surface area contributed by atoms with Crippen molar-refractivity contribution in [2.24, 2.45) is 5.73 Å². The van der Waals surface area contributed by atoms with Crippen LogP contribution in [0.15, 0.2) is 78.9 Å². The molecule has 1 heterocycles. The summed E-state index contributed by atoms with van der Waals surface area (Å²) in [5, 5.41) is 18.7. The molecular formula is C38H46N4O5. The predicted octanol–water partition coefficient (Wildman–Crippen LogP) is 7.11. The Balaban J connectivity index is 0.000000913. The first-order valence-corrected chi connectivity index (χ1v) is 15.6. The summed E-state index contributed by atoms with van der Waals surface area (Å²) in [5.74, 6) is -0.548. The summed E-state index contributed by atoms with van der Waals surface area (Å²) in [7, 11) is 1.73. The maximum atomic E-state index is 12.2. The number of aromatic amines is 1. The van der Waals surface area contributed by atoms with E-state index in [4.69, 9.17) is 25.6 Å². The zero-order chi connectivity index (χ0) is 34.7. The lowest BCUT2D eigenvalue weighted by Gasteiger charge is -2.21. The van der Waals surface area contributed by atoms with Gasteiger partial charge in [-0.1, -0.05) is 85.3 Å². The summed E-state index contributed by atoms with van der Waals surface area (Å²) >= 11 is 0. The number of primary amides is 1. The Hall–Kier alpha value is -4.86. The number of hydrogen-bond acceptors (Lipinski definition) is 7. The van der Waals surface area contributed by atoms with Crippen molar-refractivity contribution in [1.82, 2.24) is 9.97 Å². The number of esters is 1. The first kappa shape index (κ1) is 36.6. The first-order valence-electron chi connectivity index (χ1n) is 15.6. The van der Waals surface area contributed by atoms with Gasteiger partial charge in [-0.2, -0.15) is 0 Å². The molecule has 248 valence electrons. The Morgan fingerprint density at radius 2 is 1.55 bits per heavy atom. The van der Waals surface area contributed by atoms with E-state index in [0.29, 0.717) is 17.5 Å². The van der Waals surface area contributed by atoms with Crippen LogP contribution >= 0.6 is 0 Å². The minimum absolute atomic E-state index is 0.122. The van der Waals surface area contributed by atoms with Crippen LogP contribution in [0.5, 0.6) is 0 Å². The average Bonchev–Trinajstić information content (AvgIpc) is 3.49. The highest BCUT2D eigenvalue weighted by Gasteiger charge is 2.25. The molecule has 3 aromatic carbocycles. The van der Waals surface area contributed by atoms with Crippen LogP contribution in [0.3, 0.4) is 0 Å². The fraction of sp³-hybridized carbons (Fsp3) is 0.316. The average molecular weight is 639 g/mol. The van der Waals surface area contributed by atoms with Gasteiger partial charge in [-0.15, -0.1) is 0 Å². The van der Waals surface area contributed by atoms with Gasteiger partial charge >= 0.3 is 5.97 Å². The first-order chi connectivity index (χ1) is 22.2. The van der Waals surface area contributed by atoms with Gasteiger partial charge in [-0.25, -0.2) is 9.78 Å². The number of aromatic nitrogens is 2. The molecule has 4 rings (SSSR count). The van der Waals surface area contributed by atoms with E-state index < -0.39 is 23.6 Å². The second kappa shape index (κ2) is 16.6. The molecule has 0 aliphatic heterocycles. The Morgan fingerprint density at radius 1 is 0.979 bits per heavy atom. The SMILES string of the molecule is CCC(C)OC.Cc1ccc(-c2nc(-c3ccc(C(=N)CC(O)C(=O)OC(C)(C)C)cc3)c(-c3ccc(/C=C/C(N)=O)cc3)[nH]2)cc1. The van der Waals surface area contributed by atoms with Crippen molar-refractivity contribution >= 4 is 23.7 Å². The molecule has 9 nitrogen and oxygen atoms in total. The van der Waals surface area contributed by atoms with Gasteiger partial charge in [0.1, 0.15) is 11.4 Å². The number of rotatable bonds is 11. The highest BCUT2D eigenvalue weighted by atomic mass is 16.6. The van der Waals surface area contributed by atoms with E-state index in [-0.39, 0.29) is 12.1 Å². The number of nitrogens with zero attached hydrogens (tertiary/aromatic N) is 1. The molecule has 0 fully saturated rings. The largest absolute Gasteiger partial charge is 0.458 e. The smallest absolute Gasteiger partial charge is 0.335 e. The summed E-state index contributed by atoms with van der Waals surface area (Å²) in [5.41, 5.74) is 11.4. The third-order valence-electron chi connectivity index (χ3n) is 7.23. The Bertz CT molecular complexity index is 1660. The van der Waals surface area contributed by atoms with Crippen molar-refractivity contribution in [3.8, 4) is 33.9 Å². The molecule has 0 spiro atoms. The van der Waals surface area contributed by atoms with Crippen LogP contribution in [0.1, 0.15) is 64.2 Å². The van der Waals surface area contributed by atoms with E-state index in [0.717, 1.165) is 45.6 Å². The normalized spacial score (nSPS) is 12.6. The summed E-state index contributed by atoms with van der Waals surface area (Å²) in [6, 6.07) is 23.1. The van der Waals surface area contributed by atoms with Crippen LogP contribution < -0.4 is 5.73 Å². The molecule has 0 bridgehead atoms. The van der Waals surface area contributed by atoms with E-state index in [1.807, 2.05) is 67.6 Å². The van der Waals surface area contributed by atoms with Gasteiger partial charge in [-0.05, 0) is 58.2 Å². The van der Waals surface area contributed by atoms with Crippen LogP contribution in [0.2, 0.25) is 0 Å². The number of methoxy groups -OCH3 is 1. The highest BCUT2D eigenvalue weighted by molar-refractivity contribution is 6.01. The number of carbonyl (C=O) groups excluding carboxylic acids is 2. The van der Waals surface area contributed by atoms with Crippen LogP contribution in [-0.4, -0.2) is 57.6 Å². The zero-order valence-electron chi connectivity index (χ0n) is 28.3. The van der Waals surface area contributed by atoms with Gasteiger partial charge < -0.3 is 30.7 Å². The number of benzene rings is 3. The van der Waals surface area contributed by atoms with Gasteiger partial charge in [0.2, 0.25) is 5.91 Å². The van der Waals surface area contributed by atoms with Crippen LogP contribution in [-0.2, 0) is 19.1 Å². The van der Waals surface area contributed by atoms with Crippen molar-refractivity contribution in [3.05, 3.63) is 95.6 Å². The second-order valence-corrected chi connectivity index (χ2v) is 12.3. The molecule has 0 radical (unpaired) electrons. The van der Waals surface area contributed by atoms with Gasteiger partial charge in [-0.3, -0.25) is 4.79 Å². The molecule has 0 aliphatic rings. The molecule has 0 saturated heterocycles. The summed E-state index contributed by atoms with van der Waals surface area (Å²) in [6.45, 7) is 11.4. The lowest BCUT2D eigenvalue weighted by atomic mass is 9.99. The minimum atomic E-state index is -1.42. The van der Waals surface area contributed by atoms with Crippen LogP contribution in [0.4, 0.5) is 0 Å². The predicted molar refractivity (Wildman–Crippen MR) is 188 cm³/mol. The third kappa shape index (κ3) is 11.2. The van der Waals surface area contributed by atoms with Gasteiger partial charge in [0, 0.05) is 42.0 Å². The van der Waals surface area contributed by atoms with E-state index in [1.165, 1.54) is 6.08 Å². The van der Waals surface area contributed by atoms with Crippen LogP contribution in [0.25, 0.3) is 40.0 Å². The monoisotopic (exact) mass is 638 g/mol. The number of nitrogens with one attached hydrogen (secondary N) is 2. The molecule has 9 heteroatoms. The lowest BCUT2D eigenvalue weighted by molar-refractivity contribution is -0.164. The highest BCUT2D eigenvalue weighted by Crippen LogP contribution is 2.33. The number of H-pyrrole nitrogens is 1. The summed E-state index contributed by atoms with van der Waals surface area (Å²) in [6.07, 6.45) is 2.94. The molecule has 0 aliphatic carbocycles. The van der Waals surface area contributed by atoms with Crippen molar-refractivity contribution in [2.75, 3.05) is 7.11 Å². The number of imidazole rings is 1. The molecule has 2 unspecified atom stereocenters. The number of aliphatic hydroxyl groups is 1. The van der Waals surface area contributed by atoms with E-state index >= 15 is 0 Å². The maximum absolute atomic E-state index is 12.2. The fourth-order valence-corrected chi connectivity index (χ4v) is 4.34. The molecule has 4 aromatic rings. The Kier molecular flexibility index (Phi) is 13.0. The summed E-state index contributed by atoms with van der Waals surface area (Å²) < 4.78 is 10.1. The molecule has 47 heavy (non-hydrogen) atoms. The van der Waals surface area contributed by atoms with Gasteiger partial charge in [0.25, 0.3) is 0 Å². The van der Waals surface area contributed by atoms with Gasteiger partial charge in [0.15, 0.2) is 6.10 Å². The third-order valence-corrected chi connectivity index (χ3v) is 7.23. The maximum Gasteiger partial charge on any atom is 0.335 e. The minimum Gasteiger partial charge on any atom is -0.458 e. The quantitative estimate of drug-likeness (QED) is 0.0781. The van der Waals surface area contributed by atoms with Crippen molar-refractivity contribution in [3.63, 3.8) is 0 Å². The van der Waals surface area contributed by atoms with E-state index in [1.54, 1.807) is 46.1 Å². The van der Waals surface area contributed by atoms with Crippen molar-refractivity contribution < 1.29 is 24.2 Å². The molecular weight excluding hydrogens is 592 g/mol.